The summed E-state index contributed by atoms with van der Waals surface area (Å²) in [6.07, 6.45) is 3.47. The predicted octanol–water partition coefficient (Wildman–Crippen LogP) is -0.781. The maximum atomic E-state index is 13.2. The van der Waals surface area contributed by atoms with E-state index in [-0.39, 0.29) is 35.9 Å². The third-order valence-corrected chi connectivity index (χ3v) is 9.49. The molecule has 0 aromatic carbocycles. The minimum Gasteiger partial charge on any atom is -0.374 e. The number of rotatable bonds is 20. The Morgan fingerprint density at radius 1 is 0.950 bits per heavy atom. The lowest BCUT2D eigenvalue weighted by molar-refractivity contribution is -0.140. The topological polar surface area (TPSA) is 174 Å². The summed E-state index contributed by atoms with van der Waals surface area (Å²) in [4.78, 5) is 70.7. The Morgan fingerprint density at radius 3 is 1.98 bits per heavy atom. The molecule has 11 nitrogen and oxygen atoms in total. The van der Waals surface area contributed by atoms with Gasteiger partial charge in [0.15, 0.2) is 15.7 Å². The largest absolute Gasteiger partial charge is 0.374 e. The number of nitrogens with one attached hydrogen (secondary N) is 3. The zero-order chi connectivity index (χ0) is 30.5. The molecule has 1 rings (SSSR count). The van der Waals surface area contributed by atoms with Gasteiger partial charge in [-0.25, -0.2) is 0 Å². The molecule has 15 heteroatoms. The lowest BCUT2D eigenvalue weighted by Crippen LogP contribution is -2.54. The Kier molecular flexibility index (Phi) is 15.6. The zero-order valence-electron chi connectivity index (χ0n) is 23.7. The van der Waals surface area contributed by atoms with Crippen LogP contribution in [0.5, 0.6) is 0 Å². The van der Waals surface area contributed by atoms with E-state index in [0.29, 0.717) is 18.6 Å². The smallest absolute Gasteiger partial charge is 0.243 e. The molecule has 0 aliphatic heterocycles. The second-order valence-corrected chi connectivity index (χ2v) is 13.5. The fourth-order valence-corrected chi connectivity index (χ4v) is 6.46. The van der Waals surface area contributed by atoms with Crippen molar-refractivity contribution < 1.29 is 33.5 Å². The van der Waals surface area contributed by atoms with E-state index >= 15 is 0 Å². The summed E-state index contributed by atoms with van der Waals surface area (Å²) in [5.74, 6) is -0.777. The lowest BCUT2D eigenvalue weighted by atomic mass is 9.92. The average Bonchev–Trinajstić information content (AvgIpc) is 2.86. The number of hydrogen-bond acceptors (Lipinski definition) is 10. The van der Waals surface area contributed by atoms with Crippen molar-refractivity contribution in [2.45, 2.75) is 81.6 Å². The van der Waals surface area contributed by atoms with E-state index in [0.717, 1.165) is 19.1 Å². The van der Waals surface area contributed by atoms with Gasteiger partial charge in [0.1, 0.15) is 12.3 Å². The van der Waals surface area contributed by atoms with Crippen molar-refractivity contribution in [3.63, 3.8) is 0 Å². The van der Waals surface area contributed by atoms with Gasteiger partial charge in [-0.05, 0) is 47.0 Å². The maximum Gasteiger partial charge on any atom is 0.243 e. The average molecular weight is 594 g/mol. The van der Waals surface area contributed by atoms with E-state index in [9.17, 15) is 28.8 Å². The molecule has 1 saturated carbocycles. The van der Waals surface area contributed by atoms with Crippen LogP contribution in [0, 0.1) is 5.41 Å². The highest BCUT2D eigenvalue weighted by Crippen LogP contribution is 2.40. The van der Waals surface area contributed by atoms with Gasteiger partial charge in [-0.15, -0.1) is 0 Å². The van der Waals surface area contributed by atoms with Gasteiger partial charge in [-0.1, -0.05) is 0 Å². The highest BCUT2D eigenvalue weighted by atomic mass is 32.2. The number of amides is 3. The molecule has 220 valence electrons. The first kappa shape index (κ1) is 36.2. The molecule has 0 saturated heterocycles. The molecule has 4 atom stereocenters. The Morgan fingerprint density at radius 2 is 1.48 bits per heavy atom. The first-order valence-electron chi connectivity index (χ1n) is 13.1. The van der Waals surface area contributed by atoms with E-state index < -0.39 is 52.2 Å². The second kappa shape index (κ2) is 17.2. The van der Waals surface area contributed by atoms with Crippen LogP contribution in [-0.2, 0) is 33.5 Å². The fourth-order valence-electron chi connectivity index (χ4n) is 3.40. The van der Waals surface area contributed by atoms with Gasteiger partial charge >= 0.3 is 0 Å². The van der Waals surface area contributed by atoms with Crippen molar-refractivity contribution in [3.05, 3.63) is 0 Å². The fraction of sp³-hybridized carbons (Fsp3) is 0.760. The minimum absolute atomic E-state index is 0.0715. The van der Waals surface area contributed by atoms with Crippen molar-refractivity contribution in [3.8, 4) is 0 Å². The van der Waals surface area contributed by atoms with Crippen molar-refractivity contribution in [1.29, 1.82) is 0 Å². The number of ether oxygens (including phenoxy) is 1. The van der Waals surface area contributed by atoms with Crippen LogP contribution in [0.15, 0.2) is 0 Å². The molecular formula is C25H40B2N4O7S2. The third-order valence-electron chi connectivity index (χ3n) is 6.25. The standard InChI is InChI=1S/C25H40B2N4O7S2/c1-24(2,14-38-25(3,4)8-5-9-32)23(37)31-16(22(36)30-11-20(27)34)13-40-18-7-6-17(18)39-12-15(28)21(35)29-10-19(26)33/h9,15-18H,5-8,10-14,28H2,1-4H3,(H,29,35)(H,30,36)(H,31,37). The van der Waals surface area contributed by atoms with Gasteiger partial charge in [0.05, 0.1) is 48.1 Å². The first-order valence-corrected chi connectivity index (χ1v) is 15.2. The summed E-state index contributed by atoms with van der Waals surface area (Å²) in [5.41, 5.74) is 2.97. The minimum atomic E-state index is -0.981. The Hall–Kier alpha value is -1.83. The third kappa shape index (κ3) is 13.7. The Bertz CT molecular complexity index is 924. The summed E-state index contributed by atoms with van der Waals surface area (Å²) in [5, 5.41) is 8.00. The van der Waals surface area contributed by atoms with E-state index in [2.05, 4.69) is 16.0 Å². The molecule has 0 bridgehead atoms. The number of hydrogen-bond donors (Lipinski definition) is 4. The summed E-state index contributed by atoms with van der Waals surface area (Å²) in [6.45, 7) is 6.53. The van der Waals surface area contributed by atoms with Gasteiger partial charge in [0.25, 0.3) is 0 Å². The van der Waals surface area contributed by atoms with Crippen molar-refractivity contribution in [1.82, 2.24) is 16.0 Å². The quantitative estimate of drug-likeness (QED) is 0.103. The molecule has 5 N–H and O–H groups in total. The highest BCUT2D eigenvalue weighted by Gasteiger charge is 2.36. The molecule has 4 radical (unpaired) electrons. The van der Waals surface area contributed by atoms with Gasteiger partial charge in [-0.2, -0.15) is 23.5 Å². The molecule has 1 fully saturated rings. The van der Waals surface area contributed by atoms with Crippen molar-refractivity contribution in [2.24, 2.45) is 11.1 Å². The number of aldehydes is 1. The predicted molar refractivity (Wildman–Crippen MR) is 158 cm³/mol. The van der Waals surface area contributed by atoms with Gasteiger partial charge in [-0.3, -0.25) is 14.4 Å². The molecule has 40 heavy (non-hydrogen) atoms. The summed E-state index contributed by atoms with van der Waals surface area (Å²) in [6, 6.07) is -1.72. The summed E-state index contributed by atoms with van der Waals surface area (Å²) < 4.78 is 5.92. The van der Waals surface area contributed by atoms with Crippen LogP contribution in [0.25, 0.3) is 0 Å². The van der Waals surface area contributed by atoms with Crippen LogP contribution in [0.4, 0.5) is 0 Å². The number of thioether (sulfide) groups is 2. The van der Waals surface area contributed by atoms with Gasteiger partial charge < -0.3 is 40.8 Å². The molecule has 1 aliphatic carbocycles. The first-order chi connectivity index (χ1) is 18.6. The van der Waals surface area contributed by atoms with Crippen LogP contribution in [-0.4, -0.2) is 110 Å². The van der Waals surface area contributed by atoms with Crippen LogP contribution < -0.4 is 21.7 Å². The SMILES string of the molecule is [B]C(=O)CNC(=O)C(N)CSC1CCC1SCC(NC(=O)C(C)(C)COC(C)(C)CCC=O)C(=O)NCC([B])=O. The summed E-state index contributed by atoms with van der Waals surface area (Å²) in [7, 11) is 10.2. The van der Waals surface area contributed by atoms with Gasteiger partial charge in [0.2, 0.25) is 17.7 Å². The molecule has 0 spiro atoms. The Balaban J connectivity index is 2.72. The van der Waals surface area contributed by atoms with E-state index in [1.807, 2.05) is 13.8 Å². The Labute approximate surface area is 247 Å². The van der Waals surface area contributed by atoms with Crippen LogP contribution in [0.1, 0.15) is 53.4 Å². The van der Waals surface area contributed by atoms with Crippen molar-refractivity contribution in [2.75, 3.05) is 31.2 Å². The molecule has 0 heterocycles. The van der Waals surface area contributed by atoms with Crippen molar-refractivity contribution >= 4 is 74.6 Å². The highest BCUT2D eigenvalue weighted by molar-refractivity contribution is 8.04. The monoisotopic (exact) mass is 594 g/mol. The summed E-state index contributed by atoms with van der Waals surface area (Å²) >= 11 is 3.05. The van der Waals surface area contributed by atoms with Crippen LogP contribution in [0.3, 0.4) is 0 Å². The normalized spacial score (nSPS) is 18.5. The molecule has 0 aromatic heterocycles. The van der Waals surface area contributed by atoms with E-state index in [4.69, 9.17) is 26.2 Å². The number of carbonyl (C=O) groups is 6. The van der Waals surface area contributed by atoms with E-state index in [1.165, 1.54) is 23.5 Å². The molecular weight excluding hydrogens is 554 g/mol. The van der Waals surface area contributed by atoms with Crippen LogP contribution >= 0.6 is 23.5 Å². The molecule has 0 aromatic rings. The maximum absolute atomic E-state index is 13.2. The van der Waals surface area contributed by atoms with Crippen LogP contribution in [0.2, 0.25) is 0 Å². The molecule has 1 aliphatic rings. The van der Waals surface area contributed by atoms with E-state index in [1.54, 1.807) is 13.8 Å². The number of carbonyl (C=O) groups excluding carboxylic acids is 6. The zero-order valence-corrected chi connectivity index (χ0v) is 25.3. The van der Waals surface area contributed by atoms with Gasteiger partial charge in [0, 0.05) is 28.4 Å². The number of nitrogens with two attached hydrogens (primary N) is 1. The molecule has 3 amide bonds. The lowest BCUT2D eigenvalue weighted by Gasteiger charge is -2.37. The molecule has 4 unspecified atom stereocenters. The second-order valence-electron chi connectivity index (χ2n) is 11.0.